The van der Waals surface area contributed by atoms with E-state index in [1.807, 2.05) is 0 Å². The molecule has 6 heteroatoms. The predicted molar refractivity (Wildman–Crippen MR) is 73.7 cm³/mol. The number of rotatable bonds is 4. The van der Waals surface area contributed by atoms with Crippen LogP contribution in [-0.4, -0.2) is 16.7 Å². The second-order valence-corrected chi connectivity index (χ2v) is 4.15. The fraction of sp³-hybridized carbons (Fsp3) is 0.0714. The fourth-order valence-corrected chi connectivity index (χ4v) is 1.65. The van der Waals surface area contributed by atoms with Crippen LogP contribution in [0.3, 0.4) is 0 Å². The molecule has 1 heterocycles. The predicted octanol–water partition coefficient (Wildman–Crippen LogP) is 1.76. The van der Waals surface area contributed by atoms with Gasteiger partial charge in [0.15, 0.2) is 5.78 Å². The van der Waals surface area contributed by atoms with Crippen molar-refractivity contribution in [3.05, 3.63) is 47.8 Å². The quantitative estimate of drug-likeness (QED) is 0.650. The number of nitrogen functional groups attached to an aromatic ring is 1. The molecule has 0 fully saturated rings. The number of hydrogen-bond acceptors (Lipinski definition) is 5. The molecule has 2 aromatic rings. The number of nitrogens with two attached hydrogens (primary N) is 2. The lowest BCUT2D eigenvalue weighted by Crippen LogP contribution is -2.12. The minimum Gasteiger partial charge on any atom is -0.456 e. The Kier molecular flexibility index (Phi) is 3.65. The molecule has 20 heavy (non-hydrogen) atoms. The van der Waals surface area contributed by atoms with Gasteiger partial charge in [0.25, 0.3) is 5.91 Å². The normalized spacial score (nSPS) is 10.1. The Labute approximate surface area is 115 Å². The summed E-state index contributed by atoms with van der Waals surface area (Å²) in [6.07, 6.45) is 1.40. The highest BCUT2D eigenvalue weighted by atomic mass is 16.5. The van der Waals surface area contributed by atoms with E-state index in [4.69, 9.17) is 16.2 Å². The Morgan fingerprint density at radius 2 is 1.95 bits per heavy atom. The molecule has 0 aliphatic heterocycles. The summed E-state index contributed by atoms with van der Waals surface area (Å²) in [4.78, 5) is 26.4. The van der Waals surface area contributed by atoms with E-state index in [1.54, 1.807) is 18.2 Å². The number of anilines is 1. The third-order valence-corrected chi connectivity index (χ3v) is 2.59. The molecular weight excluding hydrogens is 258 g/mol. The Morgan fingerprint density at radius 1 is 1.20 bits per heavy atom. The van der Waals surface area contributed by atoms with Crippen LogP contribution in [0.5, 0.6) is 11.5 Å². The van der Waals surface area contributed by atoms with Crippen LogP contribution in [-0.2, 0) is 0 Å². The monoisotopic (exact) mass is 271 g/mol. The molecule has 6 nitrogen and oxygen atoms in total. The molecule has 0 saturated carbocycles. The topological polar surface area (TPSA) is 108 Å². The highest BCUT2D eigenvalue weighted by Gasteiger charge is 2.11. The van der Waals surface area contributed by atoms with Gasteiger partial charge in [-0.05, 0) is 31.2 Å². The number of amides is 1. The van der Waals surface area contributed by atoms with E-state index in [-0.39, 0.29) is 11.5 Å². The number of carbonyl (C=O) groups excluding carboxylic acids is 2. The van der Waals surface area contributed by atoms with Gasteiger partial charge in [-0.1, -0.05) is 0 Å². The van der Waals surface area contributed by atoms with Crippen molar-refractivity contribution in [2.24, 2.45) is 5.73 Å². The molecule has 0 atom stereocenters. The van der Waals surface area contributed by atoms with Crippen molar-refractivity contribution in [1.82, 2.24) is 4.98 Å². The maximum Gasteiger partial charge on any atom is 0.267 e. The summed E-state index contributed by atoms with van der Waals surface area (Å²) in [6.45, 7) is 1.42. The summed E-state index contributed by atoms with van der Waals surface area (Å²) >= 11 is 0. The molecule has 0 aliphatic carbocycles. The SMILES string of the molecule is CC(=O)c1cc(N)ccc1Oc1ccnc(C(N)=O)c1. The van der Waals surface area contributed by atoms with Gasteiger partial charge in [-0.2, -0.15) is 0 Å². The van der Waals surface area contributed by atoms with Gasteiger partial charge in [0, 0.05) is 18.0 Å². The number of pyridine rings is 1. The second-order valence-electron chi connectivity index (χ2n) is 4.15. The molecule has 1 aromatic heterocycles. The molecule has 4 N–H and O–H groups in total. The van der Waals surface area contributed by atoms with Gasteiger partial charge in [0.2, 0.25) is 0 Å². The number of nitrogens with zero attached hydrogens (tertiary/aromatic N) is 1. The second kappa shape index (κ2) is 5.40. The zero-order valence-electron chi connectivity index (χ0n) is 10.8. The lowest BCUT2D eigenvalue weighted by atomic mass is 10.1. The molecule has 102 valence electrons. The standard InChI is InChI=1S/C14H13N3O3/c1-8(18)11-6-9(15)2-3-13(11)20-10-4-5-17-12(7-10)14(16)19/h2-7H,15H2,1H3,(H2,16,19). The van der Waals surface area contributed by atoms with E-state index in [9.17, 15) is 9.59 Å². The van der Waals surface area contributed by atoms with E-state index in [0.29, 0.717) is 22.7 Å². The van der Waals surface area contributed by atoms with Gasteiger partial charge in [-0.15, -0.1) is 0 Å². The number of ether oxygens (including phenoxy) is 1. The minimum absolute atomic E-state index is 0.0855. The highest BCUT2D eigenvalue weighted by Crippen LogP contribution is 2.27. The first-order valence-corrected chi connectivity index (χ1v) is 5.81. The first-order valence-electron chi connectivity index (χ1n) is 5.81. The number of primary amides is 1. The van der Waals surface area contributed by atoms with Crippen LogP contribution in [0.15, 0.2) is 36.5 Å². The van der Waals surface area contributed by atoms with Crippen LogP contribution in [0.1, 0.15) is 27.8 Å². The molecule has 0 radical (unpaired) electrons. The van der Waals surface area contributed by atoms with E-state index >= 15 is 0 Å². The highest BCUT2D eigenvalue weighted by molar-refractivity contribution is 5.97. The molecule has 0 spiro atoms. The summed E-state index contributed by atoms with van der Waals surface area (Å²) in [5.41, 5.74) is 11.7. The maximum absolute atomic E-state index is 11.6. The summed E-state index contributed by atoms with van der Waals surface area (Å²) in [5.74, 6) is -0.106. The number of hydrogen-bond donors (Lipinski definition) is 2. The third-order valence-electron chi connectivity index (χ3n) is 2.59. The number of carbonyl (C=O) groups is 2. The van der Waals surface area contributed by atoms with Crippen molar-refractivity contribution in [1.29, 1.82) is 0 Å². The van der Waals surface area contributed by atoms with E-state index in [1.165, 1.54) is 25.3 Å². The van der Waals surface area contributed by atoms with Crippen LogP contribution in [0.25, 0.3) is 0 Å². The summed E-state index contributed by atoms with van der Waals surface area (Å²) in [7, 11) is 0. The number of aromatic nitrogens is 1. The molecular formula is C14H13N3O3. The van der Waals surface area contributed by atoms with Crippen LogP contribution < -0.4 is 16.2 Å². The minimum atomic E-state index is -0.653. The van der Waals surface area contributed by atoms with Crippen LogP contribution in [0.2, 0.25) is 0 Å². The average Bonchev–Trinajstić information content (AvgIpc) is 2.41. The number of Topliss-reactive ketones (excluding diaryl/α,β-unsaturated/α-hetero) is 1. The Bertz CT molecular complexity index is 683. The molecule has 2 rings (SSSR count). The first kappa shape index (κ1) is 13.5. The van der Waals surface area contributed by atoms with Crippen LogP contribution >= 0.6 is 0 Å². The summed E-state index contributed by atoms with van der Waals surface area (Å²) in [6, 6.07) is 7.72. The lowest BCUT2D eigenvalue weighted by Gasteiger charge is -2.10. The van der Waals surface area contributed by atoms with Crippen LogP contribution in [0, 0.1) is 0 Å². The third kappa shape index (κ3) is 2.92. The first-order chi connectivity index (χ1) is 9.47. The number of ketones is 1. The Morgan fingerprint density at radius 3 is 2.60 bits per heavy atom. The molecule has 0 saturated heterocycles. The van der Waals surface area contributed by atoms with E-state index in [2.05, 4.69) is 4.98 Å². The fourth-order valence-electron chi connectivity index (χ4n) is 1.65. The smallest absolute Gasteiger partial charge is 0.267 e. The molecule has 0 unspecified atom stereocenters. The van der Waals surface area contributed by atoms with Gasteiger partial charge in [0.05, 0.1) is 5.56 Å². The van der Waals surface area contributed by atoms with Gasteiger partial charge in [0.1, 0.15) is 17.2 Å². The van der Waals surface area contributed by atoms with E-state index in [0.717, 1.165) is 0 Å². The van der Waals surface area contributed by atoms with Gasteiger partial charge in [-0.25, -0.2) is 0 Å². The van der Waals surface area contributed by atoms with Crippen LogP contribution in [0.4, 0.5) is 5.69 Å². The van der Waals surface area contributed by atoms with Crippen molar-refractivity contribution in [3.8, 4) is 11.5 Å². The van der Waals surface area contributed by atoms with Gasteiger partial charge < -0.3 is 16.2 Å². The molecule has 0 aliphatic rings. The van der Waals surface area contributed by atoms with Crippen molar-refractivity contribution in [2.75, 3.05) is 5.73 Å². The zero-order valence-corrected chi connectivity index (χ0v) is 10.8. The van der Waals surface area contributed by atoms with Crippen molar-refractivity contribution in [2.45, 2.75) is 6.92 Å². The van der Waals surface area contributed by atoms with Crippen molar-refractivity contribution < 1.29 is 14.3 Å². The molecule has 1 amide bonds. The van der Waals surface area contributed by atoms with Crippen molar-refractivity contribution >= 4 is 17.4 Å². The molecule has 1 aromatic carbocycles. The average molecular weight is 271 g/mol. The van der Waals surface area contributed by atoms with Gasteiger partial charge in [-0.3, -0.25) is 14.6 Å². The molecule has 0 bridgehead atoms. The lowest BCUT2D eigenvalue weighted by molar-refractivity contribution is 0.0991. The van der Waals surface area contributed by atoms with E-state index < -0.39 is 5.91 Å². The van der Waals surface area contributed by atoms with Gasteiger partial charge >= 0.3 is 0 Å². The Hall–Kier alpha value is -2.89. The van der Waals surface area contributed by atoms with Crippen molar-refractivity contribution in [3.63, 3.8) is 0 Å². The maximum atomic E-state index is 11.6. The zero-order chi connectivity index (χ0) is 14.7. The summed E-state index contributed by atoms with van der Waals surface area (Å²) < 4.78 is 5.59. The summed E-state index contributed by atoms with van der Waals surface area (Å²) in [5, 5.41) is 0. The Balaban J connectivity index is 2.37. The number of benzene rings is 1. The largest absolute Gasteiger partial charge is 0.456 e.